The molecule has 4 rings (SSSR count). The molecule has 29 heavy (non-hydrogen) atoms. The van der Waals surface area contributed by atoms with Gasteiger partial charge in [0, 0.05) is 23.7 Å². The van der Waals surface area contributed by atoms with Crippen molar-refractivity contribution in [2.24, 2.45) is 0 Å². The van der Waals surface area contributed by atoms with Gasteiger partial charge >= 0.3 is 0 Å². The smallest absolute Gasteiger partial charge is 0.277 e. The standard InChI is InChI=1S/C22H22FN3O2S/c1-14-9-15(2)11-17(10-14)21-24-25-22(28-21)29-13-20(27)26(18-7-8-18)12-16-5-3-4-6-19(16)23/h3-6,9-11,18H,7-8,12-13H2,1-2H3. The Bertz CT molecular complexity index is 1010. The van der Waals surface area contributed by atoms with Crippen LogP contribution in [0, 0.1) is 19.7 Å². The van der Waals surface area contributed by atoms with Gasteiger partial charge in [0.15, 0.2) is 0 Å². The number of rotatable bonds is 7. The minimum atomic E-state index is -0.284. The third-order valence-corrected chi connectivity index (χ3v) is 5.60. The maximum absolute atomic E-state index is 14.0. The van der Waals surface area contributed by atoms with Crippen LogP contribution < -0.4 is 0 Å². The number of hydrogen-bond acceptors (Lipinski definition) is 5. The topological polar surface area (TPSA) is 59.2 Å². The number of carbonyl (C=O) groups is 1. The van der Waals surface area contributed by atoms with Crippen molar-refractivity contribution in [1.82, 2.24) is 15.1 Å². The molecular weight excluding hydrogens is 389 g/mol. The lowest BCUT2D eigenvalue weighted by molar-refractivity contribution is -0.129. The lowest BCUT2D eigenvalue weighted by atomic mass is 10.1. The number of thioether (sulfide) groups is 1. The van der Waals surface area contributed by atoms with Crippen molar-refractivity contribution in [3.8, 4) is 11.5 Å². The van der Waals surface area contributed by atoms with E-state index in [-0.39, 0.29) is 30.1 Å². The van der Waals surface area contributed by atoms with E-state index in [1.54, 1.807) is 23.1 Å². The predicted molar refractivity (Wildman–Crippen MR) is 110 cm³/mol. The molecule has 0 aliphatic heterocycles. The second kappa shape index (κ2) is 8.37. The minimum absolute atomic E-state index is 0.0492. The Balaban J connectivity index is 1.41. The first-order valence-corrected chi connectivity index (χ1v) is 10.6. The van der Waals surface area contributed by atoms with Crippen molar-refractivity contribution in [1.29, 1.82) is 0 Å². The maximum Gasteiger partial charge on any atom is 0.277 e. The number of halogens is 1. The highest BCUT2D eigenvalue weighted by Gasteiger charge is 2.33. The van der Waals surface area contributed by atoms with Crippen LogP contribution in [-0.2, 0) is 11.3 Å². The van der Waals surface area contributed by atoms with E-state index in [0.29, 0.717) is 16.7 Å². The van der Waals surface area contributed by atoms with Crippen LogP contribution in [0.15, 0.2) is 52.1 Å². The molecule has 1 aliphatic rings. The van der Waals surface area contributed by atoms with E-state index >= 15 is 0 Å². The van der Waals surface area contributed by atoms with Gasteiger partial charge in [0.2, 0.25) is 11.8 Å². The summed E-state index contributed by atoms with van der Waals surface area (Å²) in [5.41, 5.74) is 3.64. The zero-order chi connectivity index (χ0) is 20.4. The first-order valence-electron chi connectivity index (χ1n) is 9.57. The molecule has 2 aromatic carbocycles. The zero-order valence-corrected chi connectivity index (χ0v) is 17.2. The van der Waals surface area contributed by atoms with E-state index in [4.69, 9.17) is 4.42 Å². The van der Waals surface area contributed by atoms with Crippen molar-refractivity contribution in [3.63, 3.8) is 0 Å². The second-order valence-corrected chi connectivity index (χ2v) is 8.31. The van der Waals surface area contributed by atoms with Crippen LogP contribution in [0.5, 0.6) is 0 Å². The molecule has 0 N–H and O–H groups in total. The van der Waals surface area contributed by atoms with Crippen LogP contribution in [0.3, 0.4) is 0 Å². The summed E-state index contributed by atoms with van der Waals surface area (Å²) in [5.74, 6) is 0.289. The number of aryl methyl sites for hydroxylation is 2. The highest BCUT2D eigenvalue weighted by molar-refractivity contribution is 7.99. The van der Waals surface area contributed by atoms with Crippen molar-refractivity contribution in [2.75, 3.05) is 5.75 Å². The van der Waals surface area contributed by atoms with Crippen molar-refractivity contribution in [2.45, 2.75) is 44.5 Å². The molecule has 0 bridgehead atoms. The third kappa shape index (κ3) is 4.85. The van der Waals surface area contributed by atoms with Gasteiger partial charge in [0.1, 0.15) is 5.82 Å². The van der Waals surface area contributed by atoms with Gasteiger partial charge in [-0.2, -0.15) is 0 Å². The van der Waals surface area contributed by atoms with E-state index < -0.39 is 0 Å². The quantitative estimate of drug-likeness (QED) is 0.524. The van der Waals surface area contributed by atoms with Gasteiger partial charge in [-0.15, -0.1) is 10.2 Å². The molecule has 1 saturated carbocycles. The number of benzene rings is 2. The summed E-state index contributed by atoms with van der Waals surface area (Å²) in [6.07, 6.45) is 1.92. The number of hydrogen-bond donors (Lipinski definition) is 0. The minimum Gasteiger partial charge on any atom is -0.411 e. The summed E-state index contributed by atoms with van der Waals surface area (Å²) < 4.78 is 19.7. The number of carbonyl (C=O) groups excluding carboxylic acids is 1. The lowest BCUT2D eigenvalue weighted by Crippen LogP contribution is -2.34. The van der Waals surface area contributed by atoms with Crippen LogP contribution in [0.4, 0.5) is 4.39 Å². The van der Waals surface area contributed by atoms with Crippen molar-refractivity contribution >= 4 is 17.7 Å². The molecule has 1 amide bonds. The Kier molecular flexibility index (Phi) is 5.67. The third-order valence-electron chi connectivity index (χ3n) is 4.80. The van der Waals surface area contributed by atoms with Crippen molar-refractivity contribution < 1.29 is 13.6 Å². The van der Waals surface area contributed by atoms with E-state index in [9.17, 15) is 9.18 Å². The fourth-order valence-corrected chi connectivity index (χ4v) is 3.96. The average molecular weight is 412 g/mol. The first kappa shape index (κ1) is 19.6. The molecule has 1 aliphatic carbocycles. The molecule has 1 aromatic heterocycles. The van der Waals surface area contributed by atoms with Crippen LogP contribution in [0.25, 0.3) is 11.5 Å². The van der Waals surface area contributed by atoms with E-state index in [2.05, 4.69) is 16.3 Å². The summed E-state index contributed by atoms with van der Waals surface area (Å²) in [5, 5.41) is 8.52. The number of amides is 1. The molecule has 0 spiro atoms. The fraction of sp³-hybridized carbons (Fsp3) is 0.318. The Morgan fingerprint density at radius 3 is 2.59 bits per heavy atom. The van der Waals surface area contributed by atoms with Gasteiger partial charge in [-0.3, -0.25) is 4.79 Å². The number of aromatic nitrogens is 2. The fourth-order valence-electron chi connectivity index (χ4n) is 3.31. The highest BCUT2D eigenvalue weighted by atomic mass is 32.2. The molecule has 150 valence electrons. The molecule has 7 heteroatoms. The Hall–Kier alpha value is -2.67. The largest absolute Gasteiger partial charge is 0.411 e. The molecule has 1 fully saturated rings. The van der Waals surface area contributed by atoms with Gasteiger partial charge in [-0.1, -0.05) is 47.2 Å². The molecule has 0 atom stereocenters. The van der Waals surface area contributed by atoms with Crippen LogP contribution in [0.2, 0.25) is 0 Å². The van der Waals surface area contributed by atoms with Gasteiger partial charge < -0.3 is 9.32 Å². The van der Waals surface area contributed by atoms with Crippen molar-refractivity contribution in [3.05, 3.63) is 65.0 Å². The summed E-state index contributed by atoms with van der Waals surface area (Å²) in [4.78, 5) is 14.5. The van der Waals surface area contributed by atoms with Gasteiger partial charge in [-0.05, 0) is 44.9 Å². The molecule has 3 aromatic rings. The highest BCUT2D eigenvalue weighted by Crippen LogP contribution is 2.31. The van der Waals surface area contributed by atoms with E-state index in [1.165, 1.54) is 17.8 Å². The lowest BCUT2D eigenvalue weighted by Gasteiger charge is -2.22. The summed E-state index contributed by atoms with van der Waals surface area (Å²) in [7, 11) is 0. The predicted octanol–water partition coefficient (Wildman–Crippen LogP) is 4.78. The van der Waals surface area contributed by atoms with Gasteiger partial charge in [-0.25, -0.2) is 4.39 Å². The normalized spacial score (nSPS) is 13.5. The molecule has 5 nitrogen and oxygen atoms in total. The van der Waals surface area contributed by atoms with E-state index in [0.717, 1.165) is 29.5 Å². The second-order valence-electron chi connectivity index (χ2n) is 7.38. The van der Waals surface area contributed by atoms with E-state index in [1.807, 2.05) is 26.0 Å². The molecule has 0 unspecified atom stereocenters. The van der Waals surface area contributed by atoms with Gasteiger partial charge in [0.25, 0.3) is 5.22 Å². The zero-order valence-electron chi connectivity index (χ0n) is 16.4. The average Bonchev–Trinajstić information content (AvgIpc) is 3.41. The van der Waals surface area contributed by atoms with Crippen LogP contribution in [0.1, 0.15) is 29.5 Å². The summed E-state index contributed by atoms with van der Waals surface area (Å²) in [6.45, 7) is 4.32. The monoisotopic (exact) mass is 411 g/mol. The summed E-state index contributed by atoms with van der Waals surface area (Å²) in [6, 6.07) is 12.8. The van der Waals surface area contributed by atoms with Crippen LogP contribution >= 0.6 is 11.8 Å². The Labute approximate surface area is 173 Å². The first-order chi connectivity index (χ1) is 14.0. The number of nitrogens with zero attached hydrogens (tertiary/aromatic N) is 3. The SMILES string of the molecule is Cc1cc(C)cc(-c2nnc(SCC(=O)N(Cc3ccccc3F)C3CC3)o2)c1. The van der Waals surface area contributed by atoms with Crippen LogP contribution in [-0.4, -0.2) is 32.8 Å². The van der Waals surface area contributed by atoms with Gasteiger partial charge in [0.05, 0.1) is 5.75 Å². The summed E-state index contributed by atoms with van der Waals surface area (Å²) >= 11 is 1.22. The Morgan fingerprint density at radius 1 is 1.17 bits per heavy atom. The molecule has 0 saturated heterocycles. The molecule has 1 heterocycles. The maximum atomic E-state index is 14.0. The Morgan fingerprint density at radius 2 is 1.90 bits per heavy atom. The molecule has 0 radical (unpaired) electrons. The molecular formula is C22H22FN3O2S.